The summed E-state index contributed by atoms with van der Waals surface area (Å²) in [5.41, 5.74) is 4.13. The van der Waals surface area contributed by atoms with Gasteiger partial charge >= 0.3 is 5.97 Å². The summed E-state index contributed by atoms with van der Waals surface area (Å²) >= 11 is 0. The number of carboxylic acid groups (broad SMARTS) is 1. The van der Waals surface area contributed by atoms with Crippen molar-refractivity contribution in [1.29, 1.82) is 0 Å². The number of hydrogen-bond donors (Lipinski definition) is 1. The summed E-state index contributed by atoms with van der Waals surface area (Å²) < 4.78 is 35.3. The minimum atomic E-state index is -4.01. The van der Waals surface area contributed by atoms with Gasteiger partial charge in [-0.25, -0.2) is 12.4 Å². The minimum Gasteiger partial charge on any atom is -0.494 e. The van der Waals surface area contributed by atoms with Crippen LogP contribution in [0.1, 0.15) is 30.0 Å². The van der Waals surface area contributed by atoms with E-state index >= 15 is 0 Å². The number of hydrogen-bond acceptors (Lipinski definition) is 4. The number of aliphatic carboxylic acids is 1. The molecule has 176 valence electrons. The zero-order valence-corrected chi connectivity index (χ0v) is 20.2. The van der Waals surface area contributed by atoms with Crippen LogP contribution < -0.4 is 4.74 Å². The van der Waals surface area contributed by atoms with E-state index in [-0.39, 0.29) is 17.7 Å². The maximum absolute atomic E-state index is 14.2. The predicted molar refractivity (Wildman–Crippen MR) is 133 cm³/mol. The van der Waals surface area contributed by atoms with Crippen LogP contribution in [-0.2, 0) is 21.2 Å². The Bertz CT molecular complexity index is 1470. The van der Waals surface area contributed by atoms with E-state index in [0.717, 1.165) is 11.1 Å². The van der Waals surface area contributed by atoms with Crippen LogP contribution >= 0.6 is 0 Å². The molecule has 4 aromatic rings. The van der Waals surface area contributed by atoms with Crippen molar-refractivity contribution in [3.8, 4) is 16.9 Å². The molecule has 0 aliphatic heterocycles. The molecule has 1 heterocycles. The van der Waals surface area contributed by atoms with Crippen molar-refractivity contribution in [3.63, 3.8) is 0 Å². The lowest BCUT2D eigenvalue weighted by Gasteiger charge is -2.17. The highest BCUT2D eigenvalue weighted by Gasteiger charge is 2.27. The third kappa shape index (κ3) is 4.31. The summed E-state index contributed by atoms with van der Waals surface area (Å²) in [5, 5.41) is 9.88. The van der Waals surface area contributed by atoms with E-state index in [2.05, 4.69) is 0 Å². The molecular weight excluding hydrogens is 450 g/mol. The summed E-state index contributed by atoms with van der Waals surface area (Å²) in [7, 11) is -4.01. The van der Waals surface area contributed by atoms with Crippen molar-refractivity contribution in [2.75, 3.05) is 6.61 Å². The average Bonchev–Trinajstić information content (AvgIpc) is 3.19. The highest BCUT2D eigenvalue weighted by atomic mass is 32.2. The van der Waals surface area contributed by atoms with Gasteiger partial charge in [-0.1, -0.05) is 42.5 Å². The fourth-order valence-corrected chi connectivity index (χ4v) is 6.10. The van der Waals surface area contributed by atoms with Gasteiger partial charge in [-0.05, 0) is 67.6 Å². The smallest absolute Gasteiger partial charge is 0.303 e. The second-order valence-corrected chi connectivity index (χ2v) is 9.96. The molecule has 34 heavy (non-hydrogen) atoms. The Labute approximate surface area is 199 Å². The van der Waals surface area contributed by atoms with E-state index in [1.807, 2.05) is 63.2 Å². The van der Waals surface area contributed by atoms with Crippen molar-refractivity contribution in [3.05, 3.63) is 83.6 Å². The predicted octanol–water partition coefficient (Wildman–Crippen LogP) is 5.58. The van der Waals surface area contributed by atoms with Crippen LogP contribution in [0, 0.1) is 13.8 Å². The standard InChI is InChI=1S/C27H27NO5S/c1-4-33-22-12-14-25-24(16-22)21(11-15-26(29)30)17-28(25)34(31,32)27-19(3)18(2)10-13-23(27)20-8-6-5-7-9-20/h5-10,12-14,16-17H,4,11,15H2,1-3H3,(H,29,30). The molecule has 1 N–H and O–H groups in total. The van der Waals surface area contributed by atoms with E-state index in [1.54, 1.807) is 24.4 Å². The Morgan fingerprint density at radius 1 is 1.03 bits per heavy atom. The number of carboxylic acids is 1. The quantitative estimate of drug-likeness (QED) is 0.358. The lowest BCUT2D eigenvalue weighted by Crippen LogP contribution is -2.15. The second-order valence-electron chi connectivity index (χ2n) is 8.21. The Hall–Kier alpha value is -3.58. The van der Waals surface area contributed by atoms with Gasteiger partial charge in [-0.15, -0.1) is 0 Å². The summed E-state index contributed by atoms with van der Waals surface area (Å²) in [6.07, 6.45) is 1.66. The van der Waals surface area contributed by atoms with Crippen LogP contribution in [0.3, 0.4) is 0 Å². The van der Waals surface area contributed by atoms with Gasteiger partial charge in [0, 0.05) is 23.6 Å². The van der Waals surface area contributed by atoms with Crippen molar-refractivity contribution < 1.29 is 23.1 Å². The van der Waals surface area contributed by atoms with Crippen LogP contribution in [0.2, 0.25) is 0 Å². The molecule has 0 amide bonds. The molecule has 0 spiro atoms. The third-order valence-electron chi connectivity index (χ3n) is 6.02. The molecule has 0 fully saturated rings. The van der Waals surface area contributed by atoms with E-state index in [0.29, 0.717) is 39.9 Å². The van der Waals surface area contributed by atoms with Gasteiger partial charge in [0.25, 0.3) is 10.0 Å². The molecule has 7 heteroatoms. The van der Waals surface area contributed by atoms with E-state index in [4.69, 9.17) is 4.74 Å². The van der Waals surface area contributed by atoms with Crippen molar-refractivity contribution in [1.82, 2.24) is 3.97 Å². The zero-order chi connectivity index (χ0) is 24.5. The molecule has 0 aliphatic rings. The van der Waals surface area contributed by atoms with Crippen LogP contribution in [0.15, 0.2) is 71.8 Å². The highest BCUT2D eigenvalue weighted by molar-refractivity contribution is 7.90. The molecule has 3 aromatic carbocycles. The number of ether oxygens (including phenoxy) is 1. The van der Waals surface area contributed by atoms with Crippen LogP contribution in [0.5, 0.6) is 5.75 Å². The van der Waals surface area contributed by atoms with Crippen LogP contribution in [0.4, 0.5) is 0 Å². The monoisotopic (exact) mass is 477 g/mol. The summed E-state index contributed by atoms with van der Waals surface area (Å²) in [4.78, 5) is 11.5. The van der Waals surface area contributed by atoms with Gasteiger partial charge in [0.05, 0.1) is 17.0 Å². The number of aromatic nitrogens is 1. The van der Waals surface area contributed by atoms with Crippen LogP contribution in [-0.4, -0.2) is 30.1 Å². The number of fused-ring (bicyclic) bond motifs is 1. The normalized spacial score (nSPS) is 11.6. The van der Waals surface area contributed by atoms with Gasteiger partial charge in [0.1, 0.15) is 5.75 Å². The molecule has 0 unspecified atom stereocenters. The Morgan fingerprint density at radius 3 is 2.44 bits per heavy atom. The summed E-state index contributed by atoms with van der Waals surface area (Å²) in [5.74, 6) is -0.330. The summed E-state index contributed by atoms with van der Waals surface area (Å²) in [6, 6.07) is 18.4. The first kappa shape index (κ1) is 23.6. The molecule has 0 aliphatic carbocycles. The molecule has 1 aromatic heterocycles. The Morgan fingerprint density at radius 2 is 1.76 bits per heavy atom. The maximum atomic E-state index is 14.2. The van der Waals surface area contributed by atoms with Crippen molar-refractivity contribution >= 4 is 26.9 Å². The molecule has 0 saturated heterocycles. The second kappa shape index (κ2) is 9.35. The number of aryl methyl sites for hydroxylation is 2. The topological polar surface area (TPSA) is 85.6 Å². The Kier molecular flexibility index (Phi) is 6.48. The largest absolute Gasteiger partial charge is 0.494 e. The SMILES string of the molecule is CCOc1ccc2c(c1)c(CCC(=O)O)cn2S(=O)(=O)c1c(-c2ccccc2)ccc(C)c1C. The third-order valence-corrected chi connectivity index (χ3v) is 7.88. The van der Waals surface area contributed by atoms with E-state index in [1.165, 1.54) is 3.97 Å². The zero-order valence-electron chi connectivity index (χ0n) is 19.4. The van der Waals surface area contributed by atoms with Crippen molar-refractivity contribution in [2.45, 2.75) is 38.5 Å². The van der Waals surface area contributed by atoms with Gasteiger partial charge in [-0.3, -0.25) is 4.79 Å². The first-order valence-electron chi connectivity index (χ1n) is 11.1. The number of rotatable bonds is 8. The van der Waals surface area contributed by atoms with Gasteiger partial charge in [-0.2, -0.15) is 0 Å². The lowest BCUT2D eigenvalue weighted by molar-refractivity contribution is -0.136. The summed E-state index contributed by atoms with van der Waals surface area (Å²) in [6.45, 7) is 6.05. The molecular formula is C27H27NO5S. The number of benzene rings is 3. The van der Waals surface area contributed by atoms with Gasteiger partial charge < -0.3 is 9.84 Å². The van der Waals surface area contributed by atoms with Gasteiger partial charge in [0.15, 0.2) is 0 Å². The number of nitrogens with zero attached hydrogens (tertiary/aromatic N) is 1. The highest BCUT2D eigenvalue weighted by Crippen LogP contribution is 2.36. The Balaban J connectivity index is 1.98. The van der Waals surface area contributed by atoms with Crippen LogP contribution in [0.25, 0.3) is 22.0 Å². The van der Waals surface area contributed by atoms with Crippen molar-refractivity contribution in [2.24, 2.45) is 0 Å². The first-order valence-corrected chi connectivity index (χ1v) is 12.6. The molecule has 0 saturated carbocycles. The fraction of sp³-hybridized carbons (Fsp3) is 0.222. The maximum Gasteiger partial charge on any atom is 0.303 e. The molecule has 6 nitrogen and oxygen atoms in total. The van der Waals surface area contributed by atoms with Gasteiger partial charge in [0.2, 0.25) is 0 Å². The molecule has 0 radical (unpaired) electrons. The minimum absolute atomic E-state index is 0.100. The molecule has 4 rings (SSSR count). The lowest BCUT2D eigenvalue weighted by atomic mass is 10.0. The van der Waals surface area contributed by atoms with E-state index < -0.39 is 16.0 Å². The van der Waals surface area contributed by atoms with E-state index in [9.17, 15) is 18.3 Å². The number of carbonyl (C=O) groups is 1. The first-order chi connectivity index (χ1) is 16.2. The molecule has 0 atom stereocenters. The average molecular weight is 478 g/mol. The molecule has 0 bridgehead atoms. The fourth-order valence-electron chi connectivity index (χ4n) is 4.21.